The number of hydrogen-bond acceptors (Lipinski definition) is 4. The zero-order valence-electron chi connectivity index (χ0n) is 23.2. The van der Waals surface area contributed by atoms with E-state index in [-0.39, 0.29) is 0 Å². The minimum atomic E-state index is 0.925. The van der Waals surface area contributed by atoms with Gasteiger partial charge < -0.3 is 21.3 Å². The van der Waals surface area contributed by atoms with Gasteiger partial charge in [0.2, 0.25) is 0 Å². The maximum absolute atomic E-state index is 3.56. The predicted molar refractivity (Wildman–Crippen MR) is 167 cm³/mol. The first-order valence-electron chi connectivity index (χ1n) is 14.5. The summed E-state index contributed by atoms with van der Waals surface area (Å²) in [6.45, 7) is 8.21. The Morgan fingerprint density at radius 1 is 0.308 bits per heavy atom. The molecule has 204 valence electrons. The average molecular weight is 521 g/mol. The van der Waals surface area contributed by atoms with Crippen LogP contribution in [0, 0.1) is 0 Å². The minimum absolute atomic E-state index is 0.925. The molecule has 0 spiro atoms. The smallest absolute Gasteiger partial charge is 0.0205 e. The van der Waals surface area contributed by atoms with E-state index >= 15 is 0 Å². The molecule has 0 aromatic heterocycles. The largest absolute Gasteiger partial charge is 0.317 e. The Morgan fingerprint density at radius 2 is 0.615 bits per heavy atom. The molecule has 0 unspecified atom stereocenters. The van der Waals surface area contributed by atoms with Gasteiger partial charge in [-0.05, 0) is 91.9 Å². The van der Waals surface area contributed by atoms with Crippen LogP contribution in [-0.2, 0) is 13.1 Å². The van der Waals surface area contributed by atoms with Crippen LogP contribution in [-0.4, -0.2) is 39.3 Å². The Bertz CT molecular complexity index is 1060. The molecular weight excluding hydrogens is 476 g/mol. The van der Waals surface area contributed by atoms with Crippen LogP contribution in [0.5, 0.6) is 0 Å². The van der Waals surface area contributed by atoms with E-state index in [1.165, 1.54) is 39.8 Å². The summed E-state index contributed by atoms with van der Waals surface area (Å²) < 4.78 is 0. The van der Waals surface area contributed by atoms with Crippen molar-refractivity contribution in [3.05, 3.63) is 120 Å². The first kappa shape index (κ1) is 28.7. The fourth-order valence-corrected chi connectivity index (χ4v) is 4.62. The normalized spacial score (nSPS) is 11.1. The highest BCUT2D eigenvalue weighted by molar-refractivity contribution is 5.64. The lowest BCUT2D eigenvalue weighted by atomic mass is 10.0. The highest BCUT2D eigenvalue weighted by Gasteiger charge is 1.99. The molecule has 0 saturated carbocycles. The van der Waals surface area contributed by atoms with Gasteiger partial charge in [-0.15, -0.1) is 0 Å². The second kappa shape index (κ2) is 17.3. The molecule has 0 saturated heterocycles. The Balaban J connectivity index is 0.918. The first-order valence-corrected chi connectivity index (χ1v) is 14.5. The molecule has 4 heteroatoms. The highest BCUT2D eigenvalue weighted by Crippen LogP contribution is 2.20. The van der Waals surface area contributed by atoms with Crippen LogP contribution in [0.25, 0.3) is 22.3 Å². The maximum Gasteiger partial charge on any atom is 0.0205 e. The van der Waals surface area contributed by atoms with Crippen molar-refractivity contribution < 1.29 is 0 Å². The fraction of sp³-hybridized carbons (Fsp3) is 0.314. The van der Waals surface area contributed by atoms with Crippen molar-refractivity contribution in [2.75, 3.05) is 39.3 Å². The van der Waals surface area contributed by atoms with Gasteiger partial charge in [-0.1, -0.05) is 109 Å². The van der Waals surface area contributed by atoms with E-state index in [2.05, 4.69) is 130 Å². The van der Waals surface area contributed by atoms with Crippen molar-refractivity contribution in [3.63, 3.8) is 0 Å². The van der Waals surface area contributed by atoms with E-state index in [4.69, 9.17) is 0 Å². The van der Waals surface area contributed by atoms with E-state index < -0.39 is 0 Å². The Morgan fingerprint density at radius 3 is 0.974 bits per heavy atom. The van der Waals surface area contributed by atoms with Crippen molar-refractivity contribution in [2.24, 2.45) is 0 Å². The average Bonchev–Trinajstić information content (AvgIpc) is 3.00. The van der Waals surface area contributed by atoms with Crippen LogP contribution in [0.3, 0.4) is 0 Å². The van der Waals surface area contributed by atoms with E-state index in [9.17, 15) is 0 Å². The molecule has 0 bridgehead atoms. The zero-order chi connectivity index (χ0) is 26.8. The van der Waals surface area contributed by atoms with Gasteiger partial charge in [0.15, 0.2) is 0 Å². The van der Waals surface area contributed by atoms with Crippen LogP contribution >= 0.6 is 0 Å². The second-order valence-electron chi connectivity index (χ2n) is 10.0. The Labute approximate surface area is 235 Å². The van der Waals surface area contributed by atoms with Crippen molar-refractivity contribution in [1.82, 2.24) is 21.3 Å². The molecule has 4 aromatic rings. The molecule has 0 fully saturated rings. The summed E-state index contributed by atoms with van der Waals surface area (Å²) in [6, 6.07) is 38.8. The number of hydrogen-bond donors (Lipinski definition) is 4. The summed E-state index contributed by atoms with van der Waals surface area (Å²) in [7, 11) is 0. The van der Waals surface area contributed by atoms with Crippen molar-refractivity contribution in [2.45, 2.75) is 32.4 Å². The highest BCUT2D eigenvalue weighted by atomic mass is 14.9. The third-order valence-corrected chi connectivity index (χ3v) is 6.90. The summed E-state index contributed by atoms with van der Waals surface area (Å²) in [5, 5.41) is 14.2. The molecule has 4 N–H and O–H groups in total. The van der Waals surface area contributed by atoms with E-state index in [1.807, 2.05) is 0 Å². The molecule has 0 atom stereocenters. The summed E-state index contributed by atoms with van der Waals surface area (Å²) in [5.41, 5.74) is 7.76. The van der Waals surface area contributed by atoms with E-state index in [0.29, 0.717) is 0 Å². The molecule has 0 aliphatic carbocycles. The fourth-order valence-electron chi connectivity index (χ4n) is 4.62. The third-order valence-electron chi connectivity index (χ3n) is 6.90. The second-order valence-corrected chi connectivity index (χ2v) is 10.0. The molecule has 0 aliphatic rings. The third kappa shape index (κ3) is 10.8. The van der Waals surface area contributed by atoms with Crippen LogP contribution in [0.2, 0.25) is 0 Å². The van der Waals surface area contributed by atoms with Crippen LogP contribution in [0.4, 0.5) is 0 Å². The van der Waals surface area contributed by atoms with Gasteiger partial charge in [-0.3, -0.25) is 0 Å². The Kier molecular flexibility index (Phi) is 12.8. The van der Waals surface area contributed by atoms with Crippen LogP contribution in [0.1, 0.15) is 30.4 Å². The van der Waals surface area contributed by atoms with Crippen LogP contribution in [0.15, 0.2) is 109 Å². The summed E-state index contributed by atoms with van der Waals surface area (Å²) in [5.74, 6) is 0. The van der Waals surface area contributed by atoms with Gasteiger partial charge in [-0.2, -0.15) is 0 Å². The molecule has 0 radical (unpaired) electrons. The molecule has 4 aromatic carbocycles. The molecule has 0 aliphatic heterocycles. The molecular formula is C35H44N4. The topological polar surface area (TPSA) is 48.1 Å². The monoisotopic (exact) mass is 520 g/mol. The lowest BCUT2D eigenvalue weighted by Crippen LogP contribution is -2.26. The standard InChI is InChI=1S/C35H44N4/c1-3-10-32(11-4-1)34-18-14-30(15-19-34)28-38-26-8-24-36-22-7-23-37-25-9-27-39-29-31-16-20-35(21-17-31)33-12-5-2-6-13-33/h1-6,10-21,36-39H,7-9,22-29H2. The lowest BCUT2D eigenvalue weighted by molar-refractivity contribution is 0.551. The Hall–Kier alpha value is -3.28. The molecule has 4 rings (SSSR count). The summed E-state index contributed by atoms with van der Waals surface area (Å²) in [6.07, 6.45) is 3.47. The van der Waals surface area contributed by atoms with Crippen molar-refractivity contribution >= 4 is 0 Å². The van der Waals surface area contributed by atoms with Gasteiger partial charge in [0.25, 0.3) is 0 Å². The van der Waals surface area contributed by atoms with Gasteiger partial charge in [0, 0.05) is 13.1 Å². The summed E-state index contributed by atoms with van der Waals surface area (Å²) in [4.78, 5) is 0. The zero-order valence-corrected chi connectivity index (χ0v) is 23.2. The molecule has 0 amide bonds. The minimum Gasteiger partial charge on any atom is -0.317 e. The maximum atomic E-state index is 3.56. The predicted octanol–water partition coefficient (Wildman–Crippen LogP) is 6.25. The first-order chi connectivity index (χ1) is 19.4. The summed E-state index contributed by atoms with van der Waals surface area (Å²) >= 11 is 0. The SMILES string of the molecule is c1ccc(-c2ccc(CNCCCNCCCNCCCNCc3ccc(-c4ccccc4)cc3)cc2)cc1. The van der Waals surface area contributed by atoms with Crippen molar-refractivity contribution in [1.29, 1.82) is 0 Å². The number of benzene rings is 4. The number of rotatable bonds is 18. The van der Waals surface area contributed by atoms with Crippen LogP contribution < -0.4 is 21.3 Å². The van der Waals surface area contributed by atoms with Gasteiger partial charge in [0.1, 0.15) is 0 Å². The van der Waals surface area contributed by atoms with E-state index in [1.54, 1.807) is 0 Å². The van der Waals surface area contributed by atoms with Gasteiger partial charge in [-0.25, -0.2) is 0 Å². The molecule has 0 heterocycles. The molecule has 4 nitrogen and oxygen atoms in total. The van der Waals surface area contributed by atoms with Gasteiger partial charge in [0.05, 0.1) is 0 Å². The number of nitrogens with one attached hydrogen (secondary N) is 4. The van der Waals surface area contributed by atoms with Crippen molar-refractivity contribution in [3.8, 4) is 22.3 Å². The lowest BCUT2D eigenvalue weighted by Gasteiger charge is -2.09. The quantitative estimate of drug-likeness (QED) is 0.117. The molecule has 39 heavy (non-hydrogen) atoms. The van der Waals surface area contributed by atoms with Gasteiger partial charge >= 0.3 is 0 Å². The van der Waals surface area contributed by atoms with E-state index in [0.717, 1.165) is 65.2 Å².